The van der Waals surface area contributed by atoms with Gasteiger partial charge in [0.15, 0.2) is 0 Å². The summed E-state index contributed by atoms with van der Waals surface area (Å²) in [5, 5.41) is 3.69. The van der Waals surface area contributed by atoms with Gasteiger partial charge in [-0.05, 0) is 43.9 Å². The largest absolute Gasteiger partial charge is 0.382 e. The summed E-state index contributed by atoms with van der Waals surface area (Å²) in [6.45, 7) is 2.51. The van der Waals surface area contributed by atoms with Crippen LogP contribution in [0.3, 0.4) is 0 Å². The van der Waals surface area contributed by atoms with Gasteiger partial charge in [-0.25, -0.2) is 4.98 Å². The Hall–Kier alpha value is -1.17. The average Bonchev–Trinajstić information content (AvgIpc) is 2.96. The molecule has 1 unspecified atom stereocenters. The van der Waals surface area contributed by atoms with E-state index in [0.29, 0.717) is 6.04 Å². The number of hydrogen-bond acceptors (Lipinski definition) is 5. The van der Waals surface area contributed by atoms with Crippen LogP contribution in [0.15, 0.2) is 23.7 Å². The van der Waals surface area contributed by atoms with Crippen LogP contribution in [0.25, 0.3) is 10.2 Å². The van der Waals surface area contributed by atoms with Crippen molar-refractivity contribution in [3.05, 3.63) is 23.7 Å². The lowest BCUT2D eigenvalue weighted by Gasteiger charge is -2.43. The van der Waals surface area contributed by atoms with Crippen LogP contribution in [0.5, 0.6) is 0 Å². The predicted molar refractivity (Wildman–Crippen MR) is 85.0 cm³/mol. The zero-order valence-electron chi connectivity index (χ0n) is 12.0. The molecule has 1 spiro atoms. The van der Waals surface area contributed by atoms with Gasteiger partial charge in [0.25, 0.3) is 0 Å². The molecule has 1 atom stereocenters. The first-order valence-corrected chi connectivity index (χ1v) is 8.53. The molecule has 0 amide bonds. The first-order valence-electron chi connectivity index (χ1n) is 7.65. The molecule has 2 aromatic rings. The highest BCUT2D eigenvalue weighted by atomic mass is 32.1. The van der Waals surface area contributed by atoms with Crippen LogP contribution in [0, 0.1) is 0 Å². The minimum atomic E-state index is 0.0444. The van der Waals surface area contributed by atoms with Crippen LogP contribution in [0.4, 0.5) is 5.69 Å². The molecule has 112 valence electrons. The number of nitrogens with zero attached hydrogens (tertiary/aromatic N) is 1. The van der Waals surface area contributed by atoms with E-state index in [0.717, 1.165) is 51.0 Å². The van der Waals surface area contributed by atoms with Crippen LogP contribution in [0.2, 0.25) is 0 Å². The number of nitrogens with one attached hydrogen (secondary N) is 1. The van der Waals surface area contributed by atoms with Crippen molar-refractivity contribution in [2.75, 3.05) is 25.1 Å². The molecule has 2 fully saturated rings. The van der Waals surface area contributed by atoms with Crippen molar-refractivity contribution in [3.8, 4) is 0 Å². The molecule has 3 heterocycles. The minimum absolute atomic E-state index is 0.0444. The van der Waals surface area contributed by atoms with Gasteiger partial charge in [-0.15, -0.1) is 11.3 Å². The van der Waals surface area contributed by atoms with Gasteiger partial charge >= 0.3 is 0 Å². The molecule has 2 aliphatic rings. The zero-order valence-corrected chi connectivity index (χ0v) is 12.8. The van der Waals surface area contributed by atoms with Gasteiger partial charge in [0.2, 0.25) is 0 Å². The topological polar surface area (TPSA) is 43.4 Å². The number of ether oxygens (including phenoxy) is 2. The Morgan fingerprint density at radius 3 is 3.05 bits per heavy atom. The molecule has 4 rings (SSSR count). The molecule has 0 radical (unpaired) electrons. The highest BCUT2D eigenvalue weighted by Gasteiger charge is 2.38. The summed E-state index contributed by atoms with van der Waals surface area (Å²) in [5.74, 6) is 0. The van der Waals surface area contributed by atoms with Crippen LogP contribution in [-0.4, -0.2) is 36.4 Å². The van der Waals surface area contributed by atoms with Crippen molar-refractivity contribution in [2.45, 2.75) is 37.3 Å². The first-order chi connectivity index (χ1) is 10.3. The molecule has 21 heavy (non-hydrogen) atoms. The summed E-state index contributed by atoms with van der Waals surface area (Å²) < 4.78 is 12.8. The monoisotopic (exact) mass is 304 g/mol. The van der Waals surface area contributed by atoms with Crippen molar-refractivity contribution in [1.82, 2.24) is 4.98 Å². The van der Waals surface area contributed by atoms with Gasteiger partial charge in [-0.1, -0.05) is 0 Å². The van der Waals surface area contributed by atoms with Gasteiger partial charge in [0.05, 0.1) is 21.3 Å². The molecule has 0 saturated carbocycles. The number of hydrogen-bond donors (Lipinski definition) is 1. The Labute approximate surface area is 128 Å². The molecule has 2 saturated heterocycles. The third kappa shape index (κ3) is 2.78. The summed E-state index contributed by atoms with van der Waals surface area (Å²) >= 11 is 1.69. The lowest BCUT2D eigenvalue weighted by Crippen LogP contribution is -2.47. The standard InChI is InChI=1S/C16H20N2O2S/c1-2-14-15(21-11-17-14)9-12(1)18-13-3-6-20-16(10-13)4-7-19-8-5-16/h1-2,9,11,13,18H,3-8,10H2. The summed E-state index contributed by atoms with van der Waals surface area (Å²) in [4.78, 5) is 4.33. The van der Waals surface area contributed by atoms with E-state index < -0.39 is 0 Å². The van der Waals surface area contributed by atoms with Crippen molar-refractivity contribution < 1.29 is 9.47 Å². The van der Waals surface area contributed by atoms with E-state index >= 15 is 0 Å². The third-order valence-corrected chi connectivity index (χ3v) is 5.39. The van der Waals surface area contributed by atoms with Gasteiger partial charge in [0.1, 0.15) is 0 Å². The third-order valence-electron chi connectivity index (χ3n) is 4.60. The second kappa shape index (κ2) is 5.55. The molecule has 2 aliphatic heterocycles. The molecule has 0 aliphatic carbocycles. The quantitative estimate of drug-likeness (QED) is 0.923. The maximum atomic E-state index is 6.10. The molecule has 1 aromatic carbocycles. The number of benzene rings is 1. The molecule has 1 N–H and O–H groups in total. The Balaban J connectivity index is 1.48. The van der Waals surface area contributed by atoms with E-state index in [1.807, 2.05) is 5.51 Å². The summed E-state index contributed by atoms with van der Waals surface area (Å²) in [5.41, 5.74) is 4.22. The summed E-state index contributed by atoms with van der Waals surface area (Å²) in [6, 6.07) is 6.92. The Morgan fingerprint density at radius 1 is 1.24 bits per heavy atom. The van der Waals surface area contributed by atoms with Crippen molar-refractivity contribution in [1.29, 1.82) is 0 Å². The van der Waals surface area contributed by atoms with E-state index in [2.05, 4.69) is 28.5 Å². The highest BCUT2D eigenvalue weighted by Crippen LogP contribution is 2.35. The van der Waals surface area contributed by atoms with E-state index in [-0.39, 0.29) is 5.60 Å². The number of thiazole rings is 1. The summed E-state index contributed by atoms with van der Waals surface area (Å²) in [7, 11) is 0. The van der Waals surface area contributed by atoms with E-state index in [9.17, 15) is 0 Å². The van der Waals surface area contributed by atoms with Crippen LogP contribution in [0.1, 0.15) is 25.7 Å². The first kappa shape index (κ1) is 13.5. The second-order valence-electron chi connectivity index (χ2n) is 6.01. The summed E-state index contributed by atoms with van der Waals surface area (Å²) in [6.07, 6.45) is 4.21. The molecule has 1 aromatic heterocycles. The van der Waals surface area contributed by atoms with Crippen LogP contribution in [-0.2, 0) is 9.47 Å². The average molecular weight is 304 g/mol. The van der Waals surface area contributed by atoms with Crippen LogP contribution < -0.4 is 5.32 Å². The lowest BCUT2D eigenvalue weighted by molar-refractivity contribution is -0.135. The molecule has 4 nitrogen and oxygen atoms in total. The Morgan fingerprint density at radius 2 is 2.14 bits per heavy atom. The van der Waals surface area contributed by atoms with E-state index in [1.54, 1.807) is 11.3 Å². The maximum absolute atomic E-state index is 6.10. The second-order valence-corrected chi connectivity index (χ2v) is 6.90. The Kier molecular flexibility index (Phi) is 3.57. The van der Waals surface area contributed by atoms with Crippen molar-refractivity contribution in [2.24, 2.45) is 0 Å². The molecule has 5 heteroatoms. The lowest BCUT2D eigenvalue weighted by atomic mass is 9.84. The normalized spacial score (nSPS) is 25.2. The number of anilines is 1. The fourth-order valence-electron chi connectivity index (χ4n) is 3.42. The van der Waals surface area contributed by atoms with E-state index in [4.69, 9.17) is 9.47 Å². The number of rotatable bonds is 2. The number of aromatic nitrogens is 1. The van der Waals surface area contributed by atoms with Crippen molar-refractivity contribution >= 4 is 27.2 Å². The molecular formula is C16H20N2O2S. The maximum Gasteiger partial charge on any atom is 0.0813 e. The molecular weight excluding hydrogens is 284 g/mol. The predicted octanol–water partition coefficient (Wildman–Crippen LogP) is 3.44. The zero-order chi connectivity index (χ0) is 14.1. The van der Waals surface area contributed by atoms with Gasteiger partial charge in [0, 0.05) is 31.5 Å². The van der Waals surface area contributed by atoms with Gasteiger partial charge in [-0.3, -0.25) is 0 Å². The highest BCUT2D eigenvalue weighted by molar-refractivity contribution is 7.16. The van der Waals surface area contributed by atoms with Crippen LogP contribution >= 0.6 is 11.3 Å². The number of fused-ring (bicyclic) bond motifs is 1. The van der Waals surface area contributed by atoms with Crippen molar-refractivity contribution in [3.63, 3.8) is 0 Å². The smallest absolute Gasteiger partial charge is 0.0813 e. The minimum Gasteiger partial charge on any atom is -0.382 e. The SMILES string of the molecule is c1nc2ccc(NC3CCOC4(CCOCC4)C3)cc2s1. The fourth-order valence-corrected chi connectivity index (χ4v) is 4.14. The Bertz CT molecular complexity index is 616. The fraction of sp³-hybridized carbons (Fsp3) is 0.562. The van der Waals surface area contributed by atoms with Gasteiger partial charge in [-0.2, -0.15) is 0 Å². The van der Waals surface area contributed by atoms with E-state index in [1.165, 1.54) is 10.4 Å². The molecule has 0 bridgehead atoms. The van der Waals surface area contributed by atoms with Gasteiger partial charge < -0.3 is 14.8 Å².